The number of aromatic amines is 1. The second-order valence-electron chi connectivity index (χ2n) is 5.65. The largest absolute Gasteiger partial charge is 0.465 e. The lowest BCUT2D eigenvalue weighted by atomic mass is 10.0. The van der Waals surface area contributed by atoms with Crippen molar-refractivity contribution in [1.29, 1.82) is 0 Å². The highest BCUT2D eigenvalue weighted by Gasteiger charge is 2.24. The number of aromatic nitrogens is 1. The number of amides is 1. The number of esters is 1. The molecule has 1 aromatic heterocycles. The van der Waals surface area contributed by atoms with Crippen LogP contribution < -0.4 is 0 Å². The number of nitrogens with one attached hydrogen (secondary N) is 1. The zero-order valence-electron chi connectivity index (χ0n) is 12.9. The van der Waals surface area contributed by atoms with Crippen molar-refractivity contribution in [2.75, 3.05) is 13.7 Å². The Morgan fingerprint density at radius 3 is 2.91 bits per heavy atom. The van der Waals surface area contributed by atoms with E-state index in [2.05, 4.69) is 4.98 Å². The van der Waals surface area contributed by atoms with Gasteiger partial charge in [-0.1, -0.05) is 6.92 Å². The molecule has 0 saturated carbocycles. The molecule has 5 nitrogen and oxygen atoms in total. The highest BCUT2D eigenvalue weighted by atomic mass is 16.5. The van der Waals surface area contributed by atoms with Gasteiger partial charge in [0.25, 0.3) is 0 Å². The summed E-state index contributed by atoms with van der Waals surface area (Å²) >= 11 is 0. The molecule has 3 rings (SSSR count). The number of fused-ring (bicyclic) bond motifs is 3. The van der Waals surface area contributed by atoms with Crippen LogP contribution >= 0.6 is 0 Å². The lowest BCUT2D eigenvalue weighted by Crippen LogP contribution is -2.35. The highest BCUT2D eigenvalue weighted by Crippen LogP contribution is 2.29. The van der Waals surface area contributed by atoms with Crippen molar-refractivity contribution in [3.63, 3.8) is 0 Å². The Kier molecular flexibility index (Phi) is 3.88. The summed E-state index contributed by atoms with van der Waals surface area (Å²) in [7, 11) is 1.38. The molecule has 22 heavy (non-hydrogen) atoms. The number of carbonyl (C=O) groups excluding carboxylic acids is 2. The maximum atomic E-state index is 12.1. The Hall–Kier alpha value is -2.30. The number of ether oxygens (including phenoxy) is 1. The van der Waals surface area contributed by atoms with Crippen LogP contribution in [0.1, 0.15) is 41.4 Å². The number of methoxy groups -OCH3 is 1. The van der Waals surface area contributed by atoms with E-state index in [9.17, 15) is 9.59 Å². The number of rotatable bonds is 3. The van der Waals surface area contributed by atoms with Crippen molar-refractivity contribution in [3.8, 4) is 0 Å². The summed E-state index contributed by atoms with van der Waals surface area (Å²) in [5, 5.41) is 1.01. The van der Waals surface area contributed by atoms with Gasteiger partial charge in [-0.25, -0.2) is 4.79 Å². The molecule has 0 saturated heterocycles. The van der Waals surface area contributed by atoms with Crippen LogP contribution in [0.3, 0.4) is 0 Å². The average Bonchev–Trinajstić information content (AvgIpc) is 2.91. The lowest BCUT2D eigenvalue weighted by molar-refractivity contribution is -0.132. The van der Waals surface area contributed by atoms with E-state index in [0.717, 1.165) is 41.5 Å². The second kappa shape index (κ2) is 5.83. The zero-order valence-corrected chi connectivity index (χ0v) is 12.9. The summed E-state index contributed by atoms with van der Waals surface area (Å²) in [4.78, 5) is 29.1. The molecule has 1 N–H and O–H groups in total. The Balaban J connectivity index is 1.97. The van der Waals surface area contributed by atoms with Gasteiger partial charge in [0.05, 0.1) is 12.7 Å². The van der Waals surface area contributed by atoms with E-state index in [1.807, 2.05) is 24.0 Å². The fourth-order valence-corrected chi connectivity index (χ4v) is 3.04. The first-order valence-electron chi connectivity index (χ1n) is 7.63. The molecule has 1 aliphatic heterocycles. The SMILES string of the molecule is CCCC(=O)N1CCc2[nH]c3ccc(C(=O)OC)cc3c2C1. The Morgan fingerprint density at radius 1 is 1.36 bits per heavy atom. The van der Waals surface area contributed by atoms with Crippen molar-refractivity contribution in [2.45, 2.75) is 32.7 Å². The first kappa shape index (κ1) is 14.6. The van der Waals surface area contributed by atoms with Gasteiger partial charge in [-0.05, 0) is 24.6 Å². The molecule has 0 fully saturated rings. The van der Waals surface area contributed by atoms with Crippen molar-refractivity contribution in [1.82, 2.24) is 9.88 Å². The number of hydrogen-bond donors (Lipinski definition) is 1. The number of H-pyrrole nitrogens is 1. The summed E-state index contributed by atoms with van der Waals surface area (Å²) in [6.45, 7) is 3.38. The van der Waals surface area contributed by atoms with Gasteiger partial charge in [-0.15, -0.1) is 0 Å². The Morgan fingerprint density at radius 2 is 2.18 bits per heavy atom. The third-order valence-electron chi connectivity index (χ3n) is 4.21. The van der Waals surface area contributed by atoms with Gasteiger partial charge in [0, 0.05) is 48.1 Å². The summed E-state index contributed by atoms with van der Waals surface area (Å²) in [6.07, 6.45) is 2.28. The topological polar surface area (TPSA) is 62.4 Å². The summed E-state index contributed by atoms with van der Waals surface area (Å²) in [5.74, 6) is -0.141. The number of carbonyl (C=O) groups is 2. The van der Waals surface area contributed by atoms with Gasteiger partial charge in [-0.2, -0.15) is 0 Å². The third kappa shape index (κ3) is 2.47. The van der Waals surface area contributed by atoms with Gasteiger partial charge in [0.15, 0.2) is 0 Å². The molecular weight excluding hydrogens is 280 g/mol. The number of hydrogen-bond acceptors (Lipinski definition) is 3. The first-order chi connectivity index (χ1) is 10.6. The molecule has 116 valence electrons. The number of nitrogens with zero attached hydrogens (tertiary/aromatic N) is 1. The third-order valence-corrected chi connectivity index (χ3v) is 4.21. The first-order valence-corrected chi connectivity index (χ1v) is 7.63. The Bertz CT molecular complexity index is 733. The molecular formula is C17H20N2O3. The quantitative estimate of drug-likeness (QED) is 0.886. The Labute approximate surface area is 129 Å². The monoisotopic (exact) mass is 300 g/mol. The normalized spacial score (nSPS) is 14.0. The molecule has 1 aromatic carbocycles. The van der Waals surface area contributed by atoms with Gasteiger partial charge < -0.3 is 14.6 Å². The van der Waals surface area contributed by atoms with Gasteiger partial charge >= 0.3 is 5.97 Å². The predicted octanol–water partition coefficient (Wildman–Crippen LogP) is 2.64. The van der Waals surface area contributed by atoms with Crippen LogP contribution in [0.25, 0.3) is 10.9 Å². The van der Waals surface area contributed by atoms with Crippen LogP contribution in [-0.4, -0.2) is 35.4 Å². The van der Waals surface area contributed by atoms with Gasteiger partial charge in [-0.3, -0.25) is 4.79 Å². The van der Waals surface area contributed by atoms with Crippen LogP contribution in [0.5, 0.6) is 0 Å². The minimum Gasteiger partial charge on any atom is -0.465 e. The van der Waals surface area contributed by atoms with Crippen LogP contribution in [-0.2, 0) is 22.5 Å². The summed E-state index contributed by atoms with van der Waals surface area (Å²) in [6, 6.07) is 5.51. The van der Waals surface area contributed by atoms with E-state index < -0.39 is 0 Å². The van der Waals surface area contributed by atoms with Crippen LogP contribution in [0.15, 0.2) is 18.2 Å². The molecule has 0 atom stereocenters. The van der Waals surface area contributed by atoms with E-state index in [1.165, 1.54) is 7.11 Å². The van der Waals surface area contributed by atoms with Crippen molar-refractivity contribution < 1.29 is 14.3 Å². The summed E-state index contributed by atoms with van der Waals surface area (Å²) in [5.41, 5.74) is 3.82. The standard InChI is InChI=1S/C17H20N2O3/c1-3-4-16(20)19-8-7-15-13(10-19)12-9-11(17(21)22-2)5-6-14(12)18-15/h5-6,9,18H,3-4,7-8,10H2,1-2H3. The molecule has 0 spiro atoms. The second-order valence-corrected chi connectivity index (χ2v) is 5.65. The number of benzene rings is 1. The molecule has 0 radical (unpaired) electrons. The van der Waals surface area contributed by atoms with Crippen LogP contribution in [0.4, 0.5) is 0 Å². The van der Waals surface area contributed by atoms with E-state index in [4.69, 9.17) is 4.74 Å². The van der Waals surface area contributed by atoms with Crippen LogP contribution in [0, 0.1) is 0 Å². The summed E-state index contributed by atoms with van der Waals surface area (Å²) < 4.78 is 4.78. The van der Waals surface area contributed by atoms with E-state index in [0.29, 0.717) is 18.5 Å². The van der Waals surface area contributed by atoms with E-state index >= 15 is 0 Å². The zero-order chi connectivity index (χ0) is 15.7. The fraction of sp³-hybridized carbons (Fsp3) is 0.412. The molecule has 2 heterocycles. The molecule has 5 heteroatoms. The fourth-order valence-electron chi connectivity index (χ4n) is 3.04. The molecule has 1 amide bonds. The van der Waals surface area contributed by atoms with Crippen molar-refractivity contribution in [3.05, 3.63) is 35.0 Å². The van der Waals surface area contributed by atoms with Crippen molar-refractivity contribution in [2.24, 2.45) is 0 Å². The maximum absolute atomic E-state index is 12.1. The van der Waals surface area contributed by atoms with Gasteiger partial charge in [0.2, 0.25) is 5.91 Å². The molecule has 1 aliphatic rings. The molecule has 2 aromatic rings. The molecule has 0 bridgehead atoms. The van der Waals surface area contributed by atoms with Gasteiger partial charge in [0.1, 0.15) is 0 Å². The maximum Gasteiger partial charge on any atom is 0.337 e. The predicted molar refractivity (Wildman–Crippen MR) is 83.7 cm³/mol. The average molecular weight is 300 g/mol. The van der Waals surface area contributed by atoms with Crippen LogP contribution in [0.2, 0.25) is 0 Å². The van der Waals surface area contributed by atoms with E-state index in [1.54, 1.807) is 6.07 Å². The molecule has 0 aliphatic carbocycles. The highest BCUT2D eigenvalue weighted by molar-refractivity contribution is 5.96. The minimum atomic E-state index is -0.341. The minimum absolute atomic E-state index is 0.201. The van der Waals surface area contributed by atoms with Crippen molar-refractivity contribution >= 4 is 22.8 Å². The van der Waals surface area contributed by atoms with E-state index in [-0.39, 0.29) is 11.9 Å². The molecule has 0 unspecified atom stereocenters. The lowest BCUT2D eigenvalue weighted by Gasteiger charge is -2.27. The smallest absolute Gasteiger partial charge is 0.337 e.